The molecule has 30 heavy (non-hydrogen) atoms. The lowest BCUT2D eigenvalue weighted by molar-refractivity contribution is -0.138. The van der Waals surface area contributed by atoms with Crippen LogP contribution < -0.4 is 0 Å². The van der Waals surface area contributed by atoms with Gasteiger partial charge in [-0.05, 0) is 68.9 Å². The zero-order valence-corrected chi connectivity index (χ0v) is 18.1. The first-order valence-electron chi connectivity index (χ1n) is 11.8. The van der Waals surface area contributed by atoms with Crippen molar-refractivity contribution >= 4 is 22.7 Å². The van der Waals surface area contributed by atoms with E-state index in [1.807, 2.05) is 17.0 Å². The molecule has 0 radical (unpaired) electrons. The van der Waals surface area contributed by atoms with Crippen LogP contribution >= 0.6 is 0 Å². The molecule has 1 N–H and O–H groups in total. The van der Waals surface area contributed by atoms with Crippen molar-refractivity contribution in [1.82, 2.24) is 14.8 Å². The number of H-pyrrole nitrogens is 1. The van der Waals surface area contributed by atoms with E-state index in [0.717, 1.165) is 56.3 Å². The number of amides is 2. The minimum atomic E-state index is 0.0768. The van der Waals surface area contributed by atoms with Gasteiger partial charge in [-0.25, -0.2) is 0 Å². The fourth-order valence-electron chi connectivity index (χ4n) is 5.76. The maximum Gasteiger partial charge on any atom is 0.255 e. The normalized spacial score (nSPS) is 22.9. The molecule has 160 valence electrons. The average molecular weight is 408 g/mol. The SMILES string of the molecule is CC1CCCN(C(=O)C2CCN(C(=O)c3cccc4c5c([nH]c34)CCCC5)CC2)C1. The number of carbonyl (C=O) groups excluding carboxylic acids is 2. The lowest BCUT2D eigenvalue weighted by Gasteiger charge is -2.37. The standard InChI is InChI=1S/C25H33N3O2/c1-17-6-5-13-28(16-17)24(29)18-11-14-27(15-12-18)25(30)21-9-4-8-20-19-7-2-3-10-22(19)26-23(20)21/h4,8-9,17-18,26H,2-3,5-7,10-16H2,1H3. The molecule has 1 aliphatic carbocycles. The van der Waals surface area contributed by atoms with E-state index in [-0.39, 0.29) is 11.8 Å². The van der Waals surface area contributed by atoms with E-state index in [9.17, 15) is 9.59 Å². The molecule has 1 aromatic heterocycles. The van der Waals surface area contributed by atoms with Gasteiger partial charge in [-0.15, -0.1) is 0 Å². The fraction of sp³-hybridized carbons (Fsp3) is 0.600. The van der Waals surface area contributed by atoms with Crippen molar-refractivity contribution < 1.29 is 9.59 Å². The van der Waals surface area contributed by atoms with Crippen LogP contribution in [0.1, 0.15) is 67.1 Å². The number of piperidine rings is 2. The molecule has 2 aromatic rings. The molecule has 3 aliphatic rings. The largest absolute Gasteiger partial charge is 0.358 e. The van der Waals surface area contributed by atoms with Crippen LogP contribution in [0.5, 0.6) is 0 Å². The van der Waals surface area contributed by atoms with Crippen LogP contribution in [0.2, 0.25) is 0 Å². The van der Waals surface area contributed by atoms with Crippen molar-refractivity contribution in [2.75, 3.05) is 26.2 Å². The molecule has 2 amide bonds. The first-order chi connectivity index (χ1) is 14.6. The summed E-state index contributed by atoms with van der Waals surface area (Å²) in [4.78, 5) is 33.9. The molecular weight excluding hydrogens is 374 g/mol. The maximum absolute atomic E-state index is 13.4. The van der Waals surface area contributed by atoms with Gasteiger partial charge < -0.3 is 14.8 Å². The predicted molar refractivity (Wildman–Crippen MR) is 119 cm³/mol. The summed E-state index contributed by atoms with van der Waals surface area (Å²) in [6.07, 6.45) is 8.56. The Morgan fingerprint density at radius 2 is 1.77 bits per heavy atom. The van der Waals surface area contributed by atoms with E-state index >= 15 is 0 Å². The van der Waals surface area contributed by atoms with Crippen molar-refractivity contribution in [2.45, 2.75) is 58.3 Å². The Morgan fingerprint density at radius 1 is 0.967 bits per heavy atom. The third-order valence-corrected chi connectivity index (χ3v) is 7.46. The van der Waals surface area contributed by atoms with Crippen molar-refractivity contribution in [3.8, 4) is 0 Å². The van der Waals surface area contributed by atoms with Gasteiger partial charge >= 0.3 is 0 Å². The van der Waals surface area contributed by atoms with Crippen LogP contribution in [0, 0.1) is 11.8 Å². The molecule has 2 fully saturated rings. The number of aromatic nitrogens is 1. The van der Waals surface area contributed by atoms with Gasteiger partial charge in [0.05, 0.1) is 11.1 Å². The lowest BCUT2D eigenvalue weighted by Crippen LogP contribution is -2.47. The second-order valence-corrected chi connectivity index (χ2v) is 9.62. The molecule has 5 rings (SSSR count). The summed E-state index contributed by atoms with van der Waals surface area (Å²) in [5.41, 5.74) is 4.52. The van der Waals surface area contributed by atoms with Gasteiger partial charge in [0.2, 0.25) is 5.91 Å². The number of nitrogens with zero attached hydrogens (tertiary/aromatic N) is 2. The highest BCUT2D eigenvalue weighted by molar-refractivity contribution is 6.07. The Hall–Kier alpha value is -2.30. The number of nitrogens with one attached hydrogen (secondary N) is 1. The summed E-state index contributed by atoms with van der Waals surface area (Å²) < 4.78 is 0. The van der Waals surface area contributed by atoms with E-state index in [2.05, 4.69) is 22.9 Å². The van der Waals surface area contributed by atoms with Crippen molar-refractivity contribution in [2.24, 2.45) is 11.8 Å². The second kappa shape index (κ2) is 8.09. The minimum absolute atomic E-state index is 0.0768. The summed E-state index contributed by atoms with van der Waals surface area (Å²) in [5.74, 6) is 1.11. The zero-order valence-electron chi connectivity index (χ0n) is 18.1. The van der Waals surface area contributed by atoms with Gasteiger partial charge in [-0.1, -0.05) is 19.1 Å². The fourth-order valence-corrected chi connectivity index (χ4v) is 5.76. The van der Waals surface area contributed by atoms with Crippen LogP contribution in [0.25, 0.3) is 10.9 Å². The third-order valence-electron chi connectivity index (χ3n) is 7.46. The zero-order chi connectivity index (χ0) is 20.7. The molecule has 2 saturated heterocycles. The Labute approximate surface area is 178 Å². The van der Waals surface area contributed by atoms with Crippen LogP contribution in [0.3, 0.4) is 0 Å². The minimum Gasteiger partial charge on any atom is -0.358 e. The number of rotatable bonds is 2. The molecule has 1 atom stereocenters. The molecule has 0 saturated carbocycles. The molecule has 3 heterocycles. The van der Waals surface area contributed by atoms with Gasteiger partial charge in [0.25, 0.3) is 5.91 Å². The number of likely N-dealkylation sites (tertiary alicyclic amines) is 2. The molecule has 5 heteroatoms. The highest BCUT2D eigenvalue weighted by Crippen LogP contribution is 2.32. The highest BCUT2D eigenvalue weighted by atomic mass is 16.2. The number of hydrogen-bond donors (Lipinski definition) is 1. The van der Waals surface area contributed by atoms with E-state index < -0.39 is 0 Å². The van der Waals surface area contributed by atoms with E-state index in [1.165, 1.54) is 35.9 Å². The monoisotopic (exact) mass is 407 g/mol. The summed E-state index contributed by atoms with van der Waals surface area (Å²) in [5, 5.41) is 1.22. The number of para-hydroxylation sites is 1. The molecule has 1 aromatic carbocycles. The van der Waals surface area contributed by atoms with Gasteiger partial charge in [-0.3, -0.25) is 9.59 Å². The van der Waals surface area contributed by atoms with E-state index in [4.69, 9.17) is 0 Å². The number of fused-ring (bicyclic) bond motifs is 3. The smallest absolute Gasteiger partial charge is 0.255 e. The molecular formula is C25H33N3O2. The third kappa shape index (κ3) is 3.52. The molecule has 5 nitrogen and oxygen atoms in total. The van der Waals surface area contributed by atoms with Gasteiger partial charge in [0, 0.05) is 43.2 Å². The van der Waals surface area contributed by atoms with E-state index in [0.29, 0.717) is 24.9 Å². The lowest BCUT2D eigenvalue weighted by atomic mass is 9.92. The first-order valence-corrected chi connectivity index (χ1v) is 11.8. The Bertz CT molecular complexity index is 955. The highest BCUT2D eigenvalue weighted by Gasteiger charge is 2.32. The van der Waals surface area contributed by atoms with Crippen LogP contribution in [-0.2, 0) is 17.6 Å². The van der Waals surface area contributed by atoms with Crippen molar-refractivity contribution in [3.05, 3.63) is 35.0 Å². The summed E-state index contributed by atoms with van der Waals surface area (Å²) in [6.45, 7) is 5.39. The summed E-state index contributed by atoms with van der Waals surface area (Å²) in [6, 6.07) is 6.13. The molecule has 0 bridgehead atoms. The number of hydrogen-bond acceptors (Lipinski definition) is 2. The average Bonchev–Trinajstić information content (AvgIpc) is 3.17. The van der Waals surface area contributed by atoms with Crippen LogP contribution in [0.4, 0.5) is 0 Å². The Balaban J connectivity index is 1.28. The Morgan fingerprint density at radius 3 is 2.57 bits per heavy atom. The van der Waals surface area contributed by atoms with Crippen LogP contribution in [0.15, 0.2) is 18.2 Å². The summed E-state index contributed by atoms with van der Waals surface area (Å²) >= 11 is 0. The summed E-state index contributed by atoms with van der Waals surface area (Å²) in [7, 11) is 0. The Kier molecular flexibility index (Phi) is 5.30. The van der Waals surface area contributed by atoms with E-state index in [1.54, 1.807) is 0 Å². The quantitative estimate of drug-likeness (QED) is 0.813. The second-order valence-electron chi connectivity index (χ2n) is 9.62. The number of benzene rings is 1. The van der Waals surface area contributed by atoms with Crippen molar-refractivity contribution in [1.29, 1.82) is 0 Å². The van der Waals surface area contributed by atoms with Gasteiger partial charge in [0.15, 0.2) is 0 Å². The van der Waals surface area contributed by atoms with Crippen molar-refractivity contribution in [3.63, 3.8) is 0 Å². The van der Waals surface area contributed by atoms with Crippen LogP contribution in [-0.4, -0.2) is 52.8 Å². The topological polar surface area (TPSA) is 56.4 Å². The van der Waals surface area contributed by atoms with Gasteiger partial charge in [-0.2, -0.15) is 0 Å². The molecule has 2 aliphatic heterocycles. The predicted octanol–water partition coefficient (Wildman–Crippen LogP) is 4.16. The molecule has 0 spiro atoms. The van der Waals surface area contributed by atoms with Gasteiger partial charge in [0.1, 0.15) is 0 Å². The molecule has 1 unspecified atom stereocenters. The maximum atomic E-state index is 13.4. The first kappa shape index (κ1) is 19.7. The number of aryl methyl sites for hydroxylation is 2. The number of aromatic amines is 1. The number of carbonyl (C=O) groups is 2.